The smallest absolute Gasteiger partial charge is 0.118 e. The number of benzene rings is 2. The van der Waals surface area contributed by atoms with Crippen molar-refractivity contribution in [2.75, 3.05) is 7.11 Å². The molecule has 0 atom stereocenters. The lowest BCUT2D eigenvalue weighted by Crippen LogP contribution is -1.96. The Morgan fingerprint density at radius 2 is 1.50 bits per heavy atom. The molecule has 1 nitrogen and oxygen atoms in total. The van der Waals surface area contributed by atoms with Crippen molar-refractivity contribution in [3.63, 3.8) is 0 Å². The Balaban J connectivity index is 2.07. The van der Waals surface area contributed by atoms with Gasteiger partial charge in [0.15, 0.2) is 0 Å². The fraction of sp³-hybridized carbons (Fsp3) is 0.105. The molecule has 1 radical (unpaired) electrons. The minimum Gasteiger partial charge on any atom is -0.497 e. The molecular weight excluding hydrogens is 244 g/mol. The van der Waals surface area contributed by atoms with Crippen LogP contribution in [0.3, 0.4) is 0 Å². The van der Waals surface area contributed by atoms with Gasteiger partial charge in [0.1, 0.15) is 5.75 Å². The molecule has 20 heavy (non-hydrogen) atoms. The zero-order valence-corrected chi connectivity index (χ0v) is 11.5. The highest BCUT2D eigenvalue weighted by molar-refractivity contribution is 5.99. The van der Waals surface area contributed by atoms with Crippen molar-refractivity contribution in [3.8, 4) is 5.75 Å². The minimum absolute atomic E-state index is 0.891. The highest BCUT2D eigenvalue weighted by atomic mass is 16.5. The van der Waals surface area contributed by atoms with E-state index >= 15 is 0 Å². The third-order valence-corrected chi connectivity index (χ3v) is 3.52. The molecule has 3 rings (SSSR count). The Hall–Kier alpha value is -2.28. The van der Waals surface area contributed by atoms with Gasteiger partial charge in [0.25, 0.3) is 0 Å². The maximum absolute atomic E-state index is 5.23. The van der Waals surface area contributed by atoms with Crippen LogP contribution in [0.2, 0.25) is 0 Å². The van der Waals surface area contributed by atoms with E-state index in [9.17, 15) is 0 Å². The van der Waals surface area contributed by atoms with E-state index < -0.39 is 0 Å². The van der Waals surface area contributed by atoms with Crippen LogP contribution in [-0.4, -0.2) is 7.11 Å². The van der Waals surface area contributed by atoms with E-state index in [-0.39, 0.29) is 0 Å². The van der Waals surface area contributed by atoms with Crippen molar-refractivity contribution < 1.29 is 4.74 Å². The van der Waals surface area contributed by atoms with Crippen LogP contribution in [0.15, 0.2) is 66.7 Å². The van der Waals surface area contributed by atoms with Gasteiger partial charge in [0.05, 0.1) is 7.11 Å². The minimum atomic E-state index is 0.891. The Morgan fingerprint density at radius 1 is 0.800 bits per heavy atom. The van der Waals surface area contributed by atoms with Gasteiger partial charge in [-0.2, -0.15) is 0 Å². The first-order valence-corrected chi connectivity index (χ1v) is 6.82. The predicted molar refractivity (Wildman–Crippen MR) is 84.3 cm³/mol. The molecule has 0 N–H and O–H groups in total. The lowest BCUT2D eigenvalue weighted by Gasteiger charge is -2.17. The summed E-state index contributed by atoms with van der Waals surface area (Å²) < 4.78 is 5.23. The SMILES string of the molecule is COc1ccc(C2=C(c3ccccc3)C=CC[CH]2)cc1. The molecule has 0 fully saturated rings. The fourth-order valence-electron chi connectivity index (χ4n) is 2.48. The number of rotatable bonds is 3. The third kappa shape index (κ3) is 2.53. The first kappa shape index (κ1) is 12.7. The van der Waals surface area contributed by atoms with Crippen molar-refractivity contribution in [2.45, 2.75) is 6.42 Å². The van der Waals surface area contributed by atoms with Crippen LogP contribution in [0.5, 0.6) is 5.75 Å². The van der Waals surface area contributed by atoms with Gasteiger partial charge in [-0.1, -0.05) is 54.6 Å². The van der Waals surface area contributed by atoms with Gasteiger partial charge in [0, 0.05) is 0 Å². The molecule has 0 aromatic heterocycles. The summed E-state index contributed by atoms with van der Waals surface area (Å²) in [5.74, 6) is 0.891. The quantitative estimate of drug-likeness (QED) is 0.773. The number of ether oxygens (including phenoxy) is 1. The van der Waals surface area contributed by atoms with Crippen LogP contribution in [0.4, 0.5) is 0 Å². The third-order valence-electron chi connectivity index (χ3n) is 3.52. The molecule has 0 bridgehead atoms. The van der Waals surface area contributed by atoms with Crippen LogP contribution in [0.1, 0.15) is 17.5 Å². The lowest BCUT2D eigenvalue weighted by molar-refractivity contribution is 0.415. The van der Waals surface area contributed by atoms with Crippen molar-refractivity contribution in [1.82, 2.24) is 0 Å². The Bertz CT molecular complexity index is 633. The molecule has 1 aliphatic carbocycles. The number of allylic oxidation sites excluding steroid dienone is 4. The highest BCUT2D eigenvalue weighted by Gasteiger charge is 2.12. The Labute approximate surface area is 120 Å². The van der Waals surface area contributed by atoms with E-state index in [1.165, 1.54) is 22.3 Å². The second kappa shape index (κ2) is 5.79. The van der Waals surface area contributed by atoms with E-state index in [1.807, 2.05) is 18.2 Å². The summed E-state index contributed by atoms with van der Waals surface area (Å²) in [5, 5.41) is 0. The van der Waals surface area contributed by atoms with Gasteiger partial charge >= 0.3 is 0 Å². The van der Waals surface area contributed by atoms with Crippen molar-refractivity contribution in [2.24, 2.45) is 0 Å². The monoisotopic (exact) mass is 261 g/mol. The van der Waals surface area contributed by atoms with E-state index in [0.717, 1.165) is 12.2 Å². The zero-order chi connectivity index (χ0) is 13.8. The largest absolute Gasteiger partial charge is 0.497 e. The number of methoxy groups -OCH3 is 1. The molecule has 99 valence electrons. The molecular formula is C19H17O. The van der Waals surface area contributed by atoms with Crippen LogP contribution < -0.4 is 4.74 Å². The van der Waals surface area contributed by atoms with E-state index in [4.69, 9.17) is 4.74 Å². The van der Waals surface area contributed by atoms with E-state index in [2.05, 4.69) is 55.0 Å². The Morgan fingerprint density at radius 3 is 2.20 bits per heavy atom. The molecule has 0 saturated heterocycles. The van der Waals surface area contributed by atoms with Gasteiger partial charge in [-0.3, -0.25) is 0 Å². The first-order valence-electron chi connectivity index (χ1n) is 6.82. The van der Waals surface area contributed by atoms with Gasteiger partial charge < -0.3 is 4.74 Å². The van der Waals surface area contributed by atoms with E-state index in [0.29, 0.717) is 0 Å². The summed E-state index contributed by atoms with van der Waals surface area (Å²) in [5.41, 5.74) is 5.06. The summed E-state index contributed by atoms with van der Waals surface area (Å²) in [6.07, 6.45) is 7.69. The van der Waals surface area contributed by atoms with Crippen molar-refractivity contribution in [1.29, 1.82) is 0 Å². The topological polar surface area (TPSA) is 9.23 Å². The van der Waals surface area contributed by atoms with Crippen LogP contribution in [-0.2, 0) is 0 Å². The maximum atomic E-state index is 5.23. The molecule has 0 spiro atoms. The second-order valence-corrected chi connectivity index (χ2v) is 4.76. The highest BCUT2D eigenvalue weighted by Crippen LogP contribution is 2.34. The molecule has 0 aliphatic heterocycles. The number of hydrogen-bond acceptors (Lipinski definition) is 1. The molecule has 1 heteroatoms. The molecule has 0 saturated carbocycles. The molecule has 1 aliphatic rings. The van der Waals surface area contributed by atoms with Crippen molar-refractivity contribution in [3.05, 3.63) is 84.3 Å². The van der Waals surface area contributed by atoms with Gasteiger partial charge in [-0.05, 0) is 47.2 Å². The van der Waals surface area contributed by atoms with E-state index in [1.54, 1.807) is 7.11 Å². The molecule has 2 aromatic rings. The van der Waals surface area contributed by atoms with Crippen LogP contribution >= 0.6 is 0 Å². The first-order chi connectivity index (χ1) is 9.88. The summed E-state index contributed by atoms with van der Waals surface area (Å²) >= 11 is 0. The lowest BCUT2D eigenvalue weighted by atomic mass is 9.88. The second-order valence-electron chi connectivity index (χ2n) is 4.76. The molecule has 0 heterocycles. The Kier molecular flexibility index (Phi) is 3.69. The summed E-state index contributed by atoms with van der Waals surface area (Å²) in [6.45, 7) is 0. The predicted octanol–water partition coefficient (Wildman–Crippen LogP) is 4.77. The maximum Gasteiger partial charge on any atom is 0.118 e. The summed E-state index contributed by atoms with van der Waals surface area (Å²) in [6, 6.07) is 18.8. The van der Waals surface area contributed by atoms with Crippen molar-refractivity contribution >= 4 is 11.1 Å². The van der Waals surface area contributed by atoms with Gasteiger partial charge in [-0.15, -0.1) is 0 Å². The standard InChI is InChI=1S/C19H17O/c1-20-17-13-11-16(12-14-17)19-10-6-5-9-18(19)15-7-3-2-4-8-15/h2-5,7-14H,6H2,1H3. The number of hydrogen-bond donors (Lipinski definition) is 0. The summed E-state index contributed by atoms with van der Waals surface area (Å²) in [4.78, 5) is 0. The summed E-state index contributed by atoms with van der Waals surface area (Å²) in [7, 11) is 1.69. The van der Waals surface area contributed by atoms with Crippen LogP contribution in [0, 0.1) is 6.42 Å². The zero-order valence-electron chi connectivity index (χ0n) is 11.5. The average Bonchev–Trinajstić information content (AvgIpc) is 2.56. The molecule has 2 aromatic carbocycles. The average molecular weight is 261 g/mol. The van der Waals surface area contributed by atoms with Crippen LogP contribution in [0.25, 0.3) is 11.1 Å². The normalized spacial score (nSPS) is 14.4. The van der Waals surface area contributed by atoms with Gasteiger partial charge in [0.2, 0.25) is 0 Å². The molecule has 0 unspecified atom stereocenters. The fourth-order valence-corrected chi connectivity index (χ4v) is 2.48. The molecule has 0 amide bonds. The van der Waals surface area contributed by atoms with Gasteiger partial charge in [-0.25, -0.2) is 0 Å².